The molecule has 0 fully saturated rings. The fourth-order valence-corrected chi connectivity index (χ4v) is 5.71. The van der Waals surface area contributed by atoms with E-state index in [1.807, 2.05) is 19.1 Å². The minimum Gasteiger partial charge on any atom is -0.322 e. The van der Waals surface area contributed by atoms with Gasteiger partial charge >= 0.3 is 6.18 Å². The molecule has 7 nitrogen and oxygen atoms in total. The number of hydrogen-bond donors (Lipinski definition) is 1. The summed E-state index contributed by atoms with van der Waals surface area (Å²) in [5.74, 6) is -0.0323. The summed E-state index contributed by atoms with van der Waals surface area (Å²) in [7, 11) is 0. The van der Waals surface area contributed by atoms with Crippen LogP contribution in [-0.4, -0.2) is 24.8 Å². The number of nitrogens with zero attached hydrogens (tertiary/aromatic N) is 4. The molecule has 3 heterocycles. The summed E-state index contributed by atoms with van der Waals surface area (Å²) in [4.78, 5) is 39.2. The summed E-state index contributed by atoms with van der Waals surface area (Å²) >= 11 is 0.930. The van der Waals surface area contributed by atoms with E-state index in [1.54, 1.807) is 67.1 Å². The fraction of sp³-hybridized carbons (Fsp3) is 0.0938. The maximum atomic E-state index is 14.2. The zero-order valence-electron chi connectivity index (χ0n) is 22.6. The number of hydrogen-bond acceptors (Lipinski definition) is 6. The van der Waals surface area contributed by atoms with Gasteiger partial charge in [-0.3, -0.25) is 14.6 Å². The Labute approximate surface area is 247 Å². The zero-order chi connectivity index (χ0) is 30.1. The van der Waals surface area contributed by atoms with Gasteiger partial charge in [0.2, 0.25) is 0 Å². The van der Waals surface area contributed by atoms with E-state index in [0.717, 1.165) is 38.2 Å². The predicted molar refractivity (Wildman–Crippen MR) is 160 cm³/mol. The van der Waals surface area contributed by atoms with Crippen LogP contribution < -0.4 is 10.9 Å². The molecule has 6 rings (SSSR count). The largest absolute Gasteiger partial charge is 0.418 e. The molecule has 43 heavy (non-hydrogen) atoms. The van der Waals surface area contributed by atoms with Crippen LogP contribution in [-0.2, 0) is 12.6 Å². The van der Waals surface area contributed by atoms with Gasteiger partial charge in [-0.25, -0.2) is 13.9 Å². The van der Waals surface area contributed by atoms with Crippen molar-refractivity contribution in [2.24, 2.45) is 0 Å². The van der Waals surface area contributed by atoms with Crippen molar-refractivity contribution < 1.29 is 18.0 Å². The van der Waals surface area contributed by atoms with E-state index in [1.165, 1.54) is 12.1 Å². The topological polar surface area (TPSA) is 89.8 Å². The van der Waals surface area contributed by atoms with Gasteiger partial charge in [0, 0.05) is 41.8 Å². The maximum absolute atomic E-state index is 14.2. The van der Waals surface area contributed by atoms with Crippen molar-refractivity contribution in [2.45, 2.75) is 19.5 Å². The highest BCUT2D eigenvalue weighted by Crippen LogP contribution is 2.36. The third kappa shape index (κ3) is 5.80. The van der Waals surface area contributed by atoms with Gasteiger partial charge in [-0.2, -0.15) is 13.2 Å². The van der Waals surface area contributed by atoms with Gasteiger partial charge in [-0.15, -0.1) is 0 Å². The zero-order valence-corrected chi connectivity index (χ0v) is 23.4. The average Bonchev–Trinajstić information content (AvgIpc) is 3.34. The highest BCUT2D eigenvalue weighted by atomic mass is 32.1. The Kier molecular flexibility index (Phi) is 7.32. The van der Waals surface area contributed by atoms with E-state index < -0.39 is 23.2 Å². The number of alkyl halides is 3. The van der Waals surface area contributed by atoms with Gasteiger partial charge in [0.05, 0.1) is 27.0 Å². The molecule has 1 N–H and O–H groups in total. The first kappa shape index (κ1) is 28.0. The van der Waals surface area contributed by atoms with Crippen molar-refractivity contribution in [3.63, 3.8) is 0 Å². The molecule has 0 saturated carbocycles. The van der Waals surface area contributed by atoms with Crippen molar-refractivity contribution in [1.29, 1.82) is 0 Å². The third-order valence-electron chi connectivity index (χ3n) is 6.89. The molecular weight excluding hydrogens is 575 g/mol. The summed E-state index contributed by atoms with van der Waals surface area (Å²) in [6, 6.07) is 20.6. The maximum Gasteiger partial charge on any atom is 0.418 e. The first-order valence-electron chi connectivity index (χ1n) is 13.1. The summed E-state index contributed by atoms with van der Waals surface area (Å²) in [6.07, 6.45) is 0.618. The number of pyridine rings is 1. The lowest BCUT2D eigenvalue weighted by Crippen LogP contribution is -2.18. The van der Waals surface area contributed by atoms with E-state index in [2.05, 4.69) is 20.3 Å². The molecule has 11 heteroatoms. The molecule has 0 spiro atoms. The van der Waals surface area contributed by atoms with Crippen molar-refractivity contribution in [2.75, 3.05) is 5.32 Å². The van der Waals surface area contributed by atoms with E-state index >= 15 is 0 Å². The molecule has 0 unspecified atom stereocenters. The van der Waals surface area contributed by atoms with Crippen molar-refractivity contribution in [1.82, 2.24) is 18.9 Å². The molecule has 214 valence electrons. The Morgan fingerprint density at radius 3 is 2.58 bits per heavy atom. The quantitative estimate of drug-likeness (QED) is 0.222. The van der Waals surface area contributed by atoms with Crippen molar-refractivity contribution in [3.05, 3.63) is 136 Å². The first-order valence-corrected chi connectivity index (χ1v) is 13.9. The average molecular weight is 598 g/mol. The van der Waals surface area contributed by atoms with E-state index in [4.69, 9.17) is 0 Å². The van der Waals surface area contributed by atoms with Crippen LogP contribution in [0.3, 0.4) is 0 Å². The smallest absolute Gasteiger partial charge is 0.322 e. The van der Waals surface area contributed by atoms with Crippen LogP contribution in [0, 0.1) is 6.92 Å². The standard InChI is InChI=1S/C32H22F3N5O2S/c1-19-8-9-20(15-22(19)16-29-37-14-12-26(39-29)21-5-4-13-36-18-21)30(41)38-23-10-11-27(25(17-23)32(33,34)35)40-31(42)24-6-2-3-7-28(24)43-40/h2-15,17-18H,16H2,1H3,(H,38,41). The summed E-state index contributed by atoms with van der Waals surface area (Å²) in [5.41, 5.74) is 1.61. The van der Waals surface area contributed by atoms with Crippen LogP contribution in [0.15, 0.2) is 102 Å². The lowest BCUT2D eigenvalue weighted by Gasteiger charge is -2.15. The number of amides is 1. The van der Waals surface area contributed by atoms with Gasteiger partial charge in [-0.1, -0.05) is 29.7 Å². The molecule has 0 bridgehead atoms. The summed E-state index contributed by atoms with van der Waals surface area (Å²) in [5, 5.41) is 2.91. The molecule has 0 aliphatic heterocycles. The highest BCUT2D eigenvalue weighted by Gasteiger charge is 2.35. The lowest BCUT2D eigenvalue weighted by molar-refractivity contribution is -0.137. The van der Waals surface area contributed by atoms with Crippen LogP contribution >= 0.6 is 11.5 Å². The third-order valence-corrected chi connectivity index (χ3v) is 7.99. The van der Waals surface area contributed by atoms with Crippen LogP contribution in [0.5, 0.6) is 0 Å². The van der Waals surface area contributed by atoms with Gasteiger partial charge in [-0.05, 0) is 78.7 Å². The normalized spacial score (nSPS) is 11.5. The highest BCUT2D eigenvalue weighted by molar-refractivity contribution is 7.14. The molecule has 0 atom stereocenters. The van der Waals surface area contributed by atoms with E-state index in [9.17, 15) is 22.8 Å². The Hall–Kier alpha value is -5.16. The SMILES string of the molecule is Cc1ccc(C(=O)Nc2ccc(-n3sc4ccccc4c3=O)c(C(F)(F)F)c2)cc1Cc1nccc(-c2cccnc2)n1. The number of rotatable bonds is 6. The number of benzene rings is 3. The van der Waals surface area contributed by atoms with Gasteiger partial charge in [0.25, 0.3) is 11.5 Å². The van der Waals surface area contributed by atoms with E-state index in [-0.39, 0.29) is 16.9 Å². The molecular formula is C32H22F3N5O2S. The number of carbonyl (C=O) groups is 1. The second kappa shape index (κ2) is 11.3. The monoisotopic (exact) mass is 597 g/mol. The second-order valence-electron chi connectivity index (χ2n) is 9.79. The molecule has 6 aromatic rings. The number of nitrogens with one attached hydrogen (secondary N) is 1. The molecule has 1 amide bonds. The van der Waals surface area contributed by atoms with Gasteiger partial charge in [0.15, 0.2) is 0 Å². The Morgan fingerprint density at radius 2 is 1.81 bits per heavy atom. The Bertz CT molecular complexity index is 2040. The van der Waals surface area contributed by atoms with Gasteiger partial charge < -0.3 is 5.32 Å². The predicted octanol–water partition coefficient (Wildman–Crippen LogP) is 7.07. The van der Waals surface area contributed by atoms with E-state index in [0.29, 0.717) is 28.0 Å². The summed E-state index contributed by atoms with van der Waals surface area (Å²) in [6.45, 7) is 1.90. The number of anilines is 1. The molecule has 0 aliphatic rings. The number of fused-ring (bicyclic) bond motifs is 1. The van der Waals surface area contributed by atoms with Crippen LogP contribution in [0.2, 0.25) is 0 Å². The fourth-order valence-electron chi connectivity index (χ4n) is 4.68. The van der Waals surface area contributed by atoms with Crippen LogP contribution in [0.25, 0.3) is 27.0 Å². The molecule has 3 aromatic heterocycles. The Balaban J connectivity index is 1.27. The van der Waals surface area contributed by atoms with Crippen molar-refractivity contribution >= 4 is 33.2 Å². The summed E-state index contributed by atoms with van der Waals surface area (Å²) < 4.78 is 44.1. The first-order chi connectivity index (χ1) is 20.7. The molecule has 0 aliphatic carbocycles. The molecule has 0 saturated heterocycles. The number of aryl methyl sites for hydroxylation is 1. The minimum atomic E-state index is -4.77. The van der Waals surface area contributed by atoms with Crippen LogP contribution in [0.1, 0.15) is 32.9 Å². The number of aromatic nitrogens is 4. The molecule has 3 aromatic carbocycles. The van der Waals surface area contributed by atoms with Crippen molar-refractivity contribution in [3.8, 4) is 16.9 Å². The molecule has 0 radical (unpaired) electrons. The Morgan fingerprint density at radius 1 is 0.977 bits per heavy atom. The second-order valence-corrected chi connectivity index (χ2v) is 10.8. The lowest BCUT2D eigenvalue weighted by atomic mass is 10.0. The minimum absolute atomic E-state index is 0.0511. The number of carbonyl (C=O) groups excluding carboxylic acids is 1. The van der Waals surface area contributed by atoms with Gasteiger partial charge in [0.1, 0.15) is 5.82 Å². The number of halogens is 3. The van der Waals surface area contributed by atoms with Crippen LogP contribution in [0.4, 0.5) is 18.9 Å².